The number of aromatic nitrogens is 2. The van der Waals surface area contributed by atoms with Gasteiger partial charge in [-0.05, 0) is 31.9 Å². The van der Waals surface area contributed by atoms with Gasteiger partial charge in [-0.2, -0.15) is 4.31 Å². The predicted octanol–water partition coefficient (Wildman–Crippen LogP) is 3.21. The Balaban J connectivity index is 1.75. The van der Waals surface area contributed by atoms with E-state index in [0.717, 1.165) is 41.3 Å². The summed E-state index contributed by atoms with van der Waals surface area (Å²) < 4.78 is 33.0. The Morgan fingerprint density at radius 2 is 2.08 bits per heavy atom. The van der Waals surface area contributed by atoms with Gasteiger partial charge < -0.3 is 4.74 Å². The average molecular weight is 402 g/mol. The first-order valence-corrected chi connectivity index (χ1v) is 10.6. The fourth-order valence-corrected chi connectivity index (χ4v) is 6.17. The van der Waals surface area contributed by atoms with Crippen molar-refractivity contribution in [2.45, 2.75) is 36.5 Å². The maximum absolute atomic E-state index is 12.7. The van der Waals surface area contributed by atoms with Gasteiger partial charge in [0.05, 0.1) is 16.6 Å². The number of sulfonamides is 1. The van der Waals surface area contributed by atoms with Gasteiger partial charge in [0.1, 0.15) is 10.0 Å². The third-order valence-electron chi connectivity index (χ3n) is 4.30. The summed E-state index contributed by atoms with van der Waals surface area (Å²) in [6.07, 6.45) is 3.26. The Morgan fingerprint density at radius 1 is 1.36 bits per heavy atom. The number of aryl methyl sites for hydroxylation is 1. The molecule has 0 aromatic carbocycles. The molecule has 0 unspecified atom stereocenters. The second-order valence-electron chi connectivity index (χ2n) is 6.00. The molecule has 1 saturated heterocycles. The van der Waals surface area contributed by atoms with Crippen LogP contribution < -0.4 is 0 Å². The van der Waals surface area contributed by atoms with E-state index < -0.39 is 10.0 Å². The van der Waals surface area contributed by atoms with E-state index in [1.54, 1.807) is 25.4 Å². The van der Waals surface area contributed by atoms with Crippen LogP contribution in [0.1, 0.15) is 35.8 Å². The zero-order valence-corrected chi connectivity index (χ0v) is 16.5. The van der Waals surface area contributed by atoms with E-state index in [1.165, 1.54) is 4.31 Å². The number of methoxy groups -OCH3 is 1. The molecule has 6 nitrogen and oxygen atoms in total. The van der Waals surface area contributed by atoms with Gasteiger partial charge in [0, 0.05) is 37.9 Å². The number of rotatable bonds is 5. The van der Waals surface area contributed by atoms with Crippen LogP contribution in [0.25, 0.3) is 0 Å². The largest absolute Gasteiger partial charge is 0.380 e. The minimum Gasteiger partial charge on any atom is -0.380 e. The summed E-state index contributed by atoms with van der Waals surface area (Å²) in [7, 11) is -1.82. The number of thiophene rings is 1. The molecule has 2 aromatic rings. The number of halogens is 1. The van der Waals surface area contributed by atoms with Crippen LogP contribution in [0, 0.1) is 6.92 Å². The normalized spacial score (nSPS) is 17.1. The summed E-state index contributed by atoms with van der Waals surface area (Å²) >= 11 is 6.98. The van der Waals surface area contributed by atoms with Crippen LogP contribution in [0.2, 0.25) is 4.34 Å². The first-order valence-electron chi connectivity index (χ1n) is 7.98. The maximum Gasteiger partial charge on any atom is 0.252 e. The molecule has 1 aliphatic heterocycles. The minimum atomic E-state index is -3.47. The average Bonchev–Trinajstić information content (AvgIpc) is 3.04. The molecule has 25 heavy (non-hydrogen) atoms. The number of piperidine rings is 1. The fraction of sp³-hybridized carbons (Fsp3) is 0.500. The first kappa shape index (κ1) is 18.7. The fourth-order valence-electron chi connectivity index (χ4n) is 3.07. The SMILES string of the molecule is COCc1cnc(C)nc1C1CCN(S(=O)(=O)c2ccc(Cl)s2)CC1. The molecule has 3 heterocycles. The monoisotopic (exact) mass is 401 g/mol. The van der Waals surface area contributed by atoms with Crippen molar-refractivity contribution in [3.8, 4) is 0 Å². The van der Waals surface area contributed by atoms with Gasteiger partial charge in [0.15, 0.2) is 0 Å². The topological polar surface area (TPSA) is 72.4 Å². The van der Waals surface area contributed by atoms with Gasteiger partial charge in [0.2, 0.25) is 0 Å². The molecule has 3 rings (SSSR count). The second kappa shape index (κ2) is 7.67. The highest BCUT2D eigenvalue weighted by Crippen LogP contribution is 2.34. The molecular formula is C16H20ClN3O3S2. The molecule has 0 radical (unpaired) electrons. The van der Waals surface area contributed by atoms with Gasteiger partial charge in [0.25, 0.3) is 10.0 Å². The van der Waals surface area contributed by atoms with Crippen LogP contribution in [0.3, 0.4) is 0 Å². The van der Waals surface area contributed by atoms with E-state index in [9.17, 15) is 8.42 Å². The molecule has 0 N–H and O–H groups in total. The number of hydrogen-bond acceptors (Lipinski definition) is 6. The van der Waals surface area contributed by atoms with Gasteiger partial charge in [-0.1, -0.05) is 11.6 Å². The van der Waals surface area contributed by atoms with E-state index in [4.69, 9.17) is 16.3 Å². The Morgan fingerprint density at radius 3 is 2.68 bits per heavy atom. The lowest BCUT2D eigenvalue weighted by Gasteiger charge is -2.31. The summed E-state index contributed by atoms with van der Waals surface area (Å²) in [5, 5.41) is 0. The van der Waals surface area contributed by atoms with Crippen molar-refractivity contribution in [2.24, 2.45) is 0 Å². The Kier molecular flexibility index (Phi) is 5.75. The molecule has 9 heteroatoms. The van der Waals surface area contributed by atoms with Crippen molar-refractivity contribution in [1.29, 1.82) is 0 Å². The summed E-state index contributed by atoms with van der Waals surface area (Å²) in [6.45, 7) is 3.26. The smallest absolute Gasteiger partial charge is 0.252 e. The minimum absolute atomic E-state index is 0.213. The molecule has 136 valence electrons. The lowest BCUT2D eigenvalue weighted by molar-refractivity contribution is 0.182. The quantitative estimate of drug-likeness (QED) is 0.769. The standard InChI is InChI=1S/C16H20ClN3O3S2/c1-11-18-9-13(10-23-2)16(19-11)12-5-7-20(8-6-12)25(21,22)15-4-3-14(17)24-15/h3-4,9,12H,5-8,10H2,1-2H3. The number of hydrogen-bond donors (Lipinski definition) is 0. The zero-order chi connectivity index (χ0) is 18.0. The number of ether oxygens (including phenoxy) is 1. The molecule has 1 fully saturated rings. The Hall–Kier alpha value is -1.06. The second-order valence-corrected chi connectivity index (χ2v) is 9.88. The van der Waals surface area contributed by atoms with E-state index in [0.29, 0.717) is 28.2 Å². The van der Waals surface area contributed by atoms with Crippen LogP contribution in [0.4, 0.5) is 0 Å². The first-order chi connectivity index (χ1) is 11.9. The summed E-state index contributed by atoms with van der Waals surface area (Å²) in [6, 6.07) is 3.19. The summed E-state index contributed by atoms with van der Waals surface area (Å²) in [4.78, 5) is 8.83. The lowest BCUT2D eigenvalue weighted by Crippen LogP contribution is -2.38. The summed E-state index contributed by atoms with van der Waals surface area (Å²) in [5.74, 6) is 0.934. The molecule has 0 spiro atoms. The van der Waals surface area contributed by atoms with Crippen LogP contribution in [-0.2, 0) is 21.4 Å². The van der Waals surface area contributed by atoms with Crippen molar-refractivity contribution in [3.05, 3.63) is 39.7 Å². The van der Waals surface area contributed by atoms with Crippen molar-refractivity contribution in [3.63, 3.8) is 0 Å². The molecule has 2 aromatic heterocycles. The third-order valence-corrected chi connectivity index (χ3v) is 7.90. The summed E-state index contributed by atoms with van der Waals surface area (Å²) in [5.41, 5.74) is 1.95. The van der Waals surface area contributed by atoms with Crippen LogP contribution in [0.5, 0.6) is 0 Å². The van der Waals surface area contributed by atoms with Gasteiger partial charge in [-0.25, -0.2) is 18.4 Å². The highest BCUT2D eigenvalue weighted by Gasteiger charge is 2.32. The lowest BCUT2D eigenvalue weighted by atomic mass is 9.92. The highest BCUT2D eigenvalue weighted by molar-refractivity contribution is 7.91. The van der Waals surface area contributed by atoms with Gasteiger partial charge in [-0.3, -0.25) is 0 Å². The van der Waals surface area contributed by atoms with E-state index in [2.05, 4.69) is 9.97 Å². The van der Waals surface area contributed by atoms with E-state index in [1.807, 2.05) is 6.92 Å². The van der Waals surface area contributed by atoms with Gasteiger partial charge >= 0.3 is 0 Å². The molecule has 0 amide bonds. The molecule has 0 saturated carbocycles. The van der Waals surface area contributed by atoms with Crippen LogP contribution in [0.15, 0.2) is 22.5 Å². The third kappa shape index (κ3) is 4.03. The highest BCUT2D eigenvalue weighted by atomic mass is 35.5. The van der Waals surface area contributed by atoms with E-state index in [-0.39, 0.29) is 5.92 Å². The van der Waals surface area contributed by atoms with Crippen molar-refractivity contribution >= 4 is 33.0 Å². The Labute approximate surface area is 156 Å². The molecule has 0 aliphatic carbocycles. The predicted molar refractivity (Wildman–Crippen MR) is 97.5 cm³/mol. The molecular weight excluding hydrogens is 382 g/mol. The maximum atomic E-state index is 12.7. The molecule has 1 aliphatic rings. The van der Waals surface area contributed by atoms with Gasteiger partial charge in [-0.15, -0.1) is 11.3 Å². The van der Waals surface area contributed by atoms with Crippen LogP contribution >= 0.6 is 22.9 Å². The molecule has 0 bridgehead atoms. The van der Waals surface area contributed by atoms with Crippen LogP contribution in [-0.4, -0.2) is 42.9 Å². The number of nitrogens with zero attached hydrogens (tertiary/aromatic N) is 3. The Bertz CT molecular complexity index is 846. The molecule has 0 atom stereocenters. The zero-order valence-electron chi connectivity index (χ0n) is 14.1. The van der Waals surface area contributed by atoms with Crippen molar-refractivity contribution in [1.82, 2.24) is 14.3 Å². The van der Waals surface area contributed by atoms with E-state index >= 15 is 0 Å². The van der Waals surface area contributed by atoms with Crippen molar-refractivity contribution in [2.75, 3.05) is 20.2 Å². The van der Waals surface area contributed by atoms with Crippen molar-refractivity contribution < 1.29 is 13.2 Å².